The van der Waals surface area contributed by atoms with Gasteiger partial charge in [-0.05, 0) is 24.1 Å². The van der Waals surface area contributed by atoms with Crippen molar-refractivity contribution in [3.8, 4) is 0 Å². The van der Waals surface area contributed by atoms with Gasteiger partial charge in [0.25, 0.3) is 0 Å². The first-order valence-corrected chi connectivity index (χ1v) is 8.89. The van der Waals surface area contributed by atoms with Gasteiger partial charge in [0.1, 0.15) is 11.7 Å². The van der Waals surface area contributed by atoms with E-state index in [1.807, 2.05) is 31.3 Å². The summed E-state index contributed by atoms with van der Waals surface area (Å²) >= 11 is 0. The zero-order chi connectivity index (χ0) is 18.1. The van der Waals surface area contributed by atoms with Gasteiger partial charge >= 0.3 is 0 Å². The number of aliphatic hydroxyl groups is 1. The van der Waals surface area contributed by atoms with Gasteiger partial charge in [-0.15, -0.1) is 0 Å². The van der Waals surface area contributed by atoms with E-state index in [1.165, 1.54) is 11.6 Å². The van der Waals surface area contributed by atoms with Crippen LogP contribution in [0.25, 0.3) is 6.08 Å². The predicted molar refractivity (Wildman–Crippen MR) is 97.3 cm³/mol. The van der Waals surface area contributed by atoms with Crippen LogP contribution >= 0.6 is 0 Å². The molecule has 1 aromatic heterocycles. The Morgan fingerprint density at radius 3 is 2.88 bits per heavy atom. The van der Waals surface area contributed by atoms with E-state index in [4.69, 9.17) is 4.74 Å². The van der Waals surface area contributed by atoms with Gasteiger partial charge in [-0.2, -0.15) is 5.10 Å². The second-order valence-electron chi connectivity index (χ2n) is 7.14. The third-order valence-electron chi connectivity index (χ3n) is 5.46. The quantitative estimate of drug-likeness (QED) is 0.851. The van der Waals surface area contributed by atoms with E-state index in [0.717, 1.165) is 12.1 Å². The SMILES string of the molecule is Cn1nccc1/C=C/C(=O)N1C[C@@H](O)[C@@]2(C[C@H](c3ccccc3)CO2)C1. The summed E-state index contributed by atoms with van der Waals surface area (Å²) in [4.78, 5) is 14.2. The summed E-state index contributed by atoms with van der Waals surface area (Å²) in [6, 6.07) is 12.1. The summed E-state index contributed by atoms with van der Waals surface area (Å²) in [6.07, 6.45) is 5.04. The second kappa shape index (κ2) is 6.70. The van der Waals surface area contributed by atoms with Crippen LogP contribution in [0.4, 0.5) is 0 Å². The Labute approximate surface area is 152 Å². The van der Waals surface area contributed by atoms with E-state index in [2.05, 4.69) is 17.2 Å². The number of carbonyl (C=O) groups excluding carboxylic acids is 1. The molecule has 2 aliphatic rings. The van der Waals surface area contributed by atoms with E-state index < -0.39 is 11.7 Å². The van der Waals surface area contributed by atoms with Crippen LogP contribution in [-0.2, 0) is 16.6 Å². The number of aromatic nitrogens is 2. The Kier molecular flexibility index (Phi) is 4.38. The molecular weight excluding hydrogens is 330 g/mol. The van der Waals surface area contributed by atoms with Gasteiger partial charge in [-0.1, -0.05) is 30.3 Å². The van der Waals surface area contributed by atoms with E-state index in [9.17, 15) is 9.90 Å². The van der Waals surface area contributed by atoms with Crippen molar-refractivity contribution in [3.05, 3.63) is 59.9 Å². The lowest BCUT2D eigenvalue weighted by Crippen LogP contribution is -2.41. The van der Waals surface area contributed by atoms with Gasteiger partial charge in [0.15, 0.2) is 0 Å². The molecule has 1 N–H and O–H groups in total. The van der Waals surface area contributed by atoms with Crippen molar-refractivity contribution in [2.75, 3.05) is 19.7 Å². The van der Waals surface area contributed by atoms with Crippen LogP contribution in [0.5, 0.6) is 0 Å². The van der Waals surface area contributed by atoms with Gasteiger partial charge in [0.2, 0.25) is 5.91 Å². The van der Waals surface area contributed by atoms with E-state index in [-0.39, 0.29) is 11.8 Å². The summed E-state index contributed by atoms with van der Waals surface area (Å²) in [5.41, 5.74) is 1.42. The maximum Gasteiger partial charge on any atom is 0.246 e. The molecule has 1 spiro atoms. The first-order chi connectivity index (χ1) is 12.6. The number of aliphatic hydroxyl groups excluding tert-OH is 1. The lowest BCUT2D eigenvalue weighted by Gasteiger charge is -2.25. The molecule has 2 saturated heterocycles. The number of ether oxygens (including phenoxy) is 1. The van der Waals surface area contributed by atoms with Gasteiger partial charge in [-0.3, -0.25) is 9.48 Å². The molecule has 6 heteroatoms. The minimum absolute atomic E-state index is 0.117. The standard InChI is InChI=1S/C20H23N3O3/c1-22-17(9-10-21-22)7-8-19(25)23-12-18(24)20(14-23)11-16(13-26-20)15-5-3-2-4-6-15/h2-10,16,18,24H,11-14H2,1H3/b8-7+/t16-,18+,20+/m0/s1. The van der Waals surface area contributed by atoms with Crippen molar-refractivity contribution in [2.45, 2.75) is 24.0 Å². The molecule has 0 bridgehead atoms. The third-order valence-corrected chi connectivity index (χ3v) is 5.46. The molecule has 26 heavy (non-hydrogen) atoms. The molecule has 0 saturated carbocycles. The normalized spacial score (nSPS) is 28.5. The molecule has 4 rings (SSSR count). The van der Waals surface area contributed by atoms with Crippen molar-refractivity contribution in [1.29, 1.82) is 0 Å². The fraction of sp³-hybridized carbons (Fsp3) is 0.400. The third kappa shape index (κ3) is 3.06. The summed E-state index contributed by atoms with van der Waals surface area (Å²) in [5, 5.41) is 14.7. The highest BCUT2D eigenvalue weighted by Gasteiger charge is 2.52. The average molecular weight is 353 g/mol. The van der Waals surface area contributed by atoms with Crippen molar-refractivity contribution in [3.63, 3.8) is 0 Å². The molecule has 2 aliphatic heterocycles. The number of likely N-dealkylation sites (tertiary alicyclic amines) is 1. The topological polar surface area (TPSA) is 67.6 Å². The first kappa shape index (κ1) is 17.0. The van der Waals surface area contributed by atoms with Gasteiger partial charge in [-0.25, -0.2) is 0 Å². The average Bonchev–Trinajstić information content (AvgIpc) is 3.35. The Morgan fingerprint density at radius 2 is 2.15 bits per heavy atom. The molecule has 0 aliphatic carbocycles. The molecule has 0 radical (unpaired) electrons. The fourth-order valence-corrected chi connectivity index (χ4v) is 3.93. The maximum atomic E-state index is 12.5. The molecule has 3 heterocycles. The number of amides is 1. The van der Waals surface area contributed by atoms with E-state index >= 15 is 0 Å². The van der Waals surface area contributed by atoms with Crippen molar-refractivity contribution >= 4 is 12.0 Å². The van der Waals surface area contributed by atoms with E-state index in [0.29, 0.717) is 19.7 Å². The number of hydrogen-bond donors (Lipinski definition) is 1. The molecule has 2 fully saturated rings. The molecule has 1 amide bonds. The number of benzene rings is 1. The first-order valence-electron chi connectivity index (χ1n) is 8.89. The number of rotatable bonds is 3. The van der Waals surface area contributed by atoms with E-state index in [1.54, 1.807) is 21.9 Å². The Bertz CT molecular complexity index is 817. The van der Waals surface area contributed by atoms with Crippen LogP contribution in [0.2, 0.25) is 0 Å². The minimum Gasteiger partial charge on any atom is -0.388 e. The highest BCUT2D eigenvalue weighted by Crippen LogP contribution is 2.42. The summed E-state index contributed by atoms with van der Waals surface area (Å²) in [5.74, 6) is 0.139. The zero-order valence-corrected chi connectivity index (χ0v) is 14.8. The largest absolute Gasteiger partial charge is 0.388 e. The zero-order valence-electron chi connectivity index (χ0n) is 14.8. The Balaban J connectivity index is 1.44. The van der Waals surface area contributed by atoms with Crippen molar-refractivity contribution in [1.82, 2.24) is 14.7 Å². The Morgan fingerprint density at radius 1 is 1.35 bits per heavy atom. The van der Waals surface area contributed by atoms with Crippen molar-refractivity contribution in [2.24, 2.45) is 7.05 Å². The molecule has 136 valence electrons. The molecule has 1 aromatic carbocycles. The summed E-state index contributed by atoms with van der Waals surface area (Å²) in [7, 11) is 1.83. The van der Waals surface area contributed by atoms with Crippen LogP contribution in [0.1, 0.15) is 23.6 Å². The van der Waals surface area contributed by atoms with Gasteiger partial charge in [0, 0.05) is 31.8 Å². The van der Waals surface area contributed by atoms with Crippen LogP contribution in [0, 0.1) is 0 Å². The highest BCUT2D eigenvalue weighted by molar-refractivity contribution is 5.91. The number of carbonyl (C=O) groups is 1. The molecule has 2 aromatic rings. The molecule has 3 atom stereocenters. The van der Waals surface area contributed by atoms with Crippen LogP contribution in [-0.4, -0.2) is 57.1 Å². The lowest BCUT2D eigenvalue weighted by molar-refractivity contribution is -0.126. The molecular formula is C20H23N3O3. The number of β-amino-alcohol motifs (C(OH)–C–C–N with tert-alkyl or cyclic N) is 1. The number of nitrogens with zero attached hydrogens (tertiary/aromatic N) is 3. The Hall–Kier alpha value is -2.44. The van der Waals surface area contributed by atoms with Crippen molar-refractivity contribution < 1.29 is 14.6 Å². The second-order valence-corrected chi connectivity index (χ2v) is 7.14. The predicted octanol–water partition coefficient (Wildman–Crippen LogP) is 1.58. The smallest absolute Gasteiger partial charge is 0.246 e. The summed E-state index contributed by atoms with van der Waals surface area (Å²) < 4.78 is 7.75. The van der Waals surface area contributed by atoms with Gasteiger partial charge in [0.05, 0.1) is 18.8 Å². The maximum absolute atomic E-state index is 12.5. The lowest BCUT2D eigenvalue weighted by atomic mass is 9.87. The molecule has 0 unspecified atom stereocenters. The van der Waals surface area contributed by atoms with Gasteiger partial charge < -0.3 is 14.7 Å². The monoisotopic (exact) mass is 353 g/mol. The summed E-state index contributed by atoms with van der Waals surface area (Å²) in [6.45, 7) is 1.30. The number of hydrogen-bond acceptors (Lipinski definition) is 4. The van der Waals surface area contributed by atoms with Crippen LogP contribution in [0.15, 0.2) is 48.7 Å². The fourth-order valence-electron chi connectivity index (χ4n) is 3.93. The van der Waals surface area contributed by atoms with Crippen LogP contribution < -0.4 is 0 Å². The number of aryl methyl sites for hydroxylation is 1. The molecule has 6 nitrogen and oxygen atoms in total. The van der Waals surface area contributed by atoms with Crippen LogP contribution in [0.3, 0.4) is 0 Å². The minimum atomic E-state index is -0.662. The highest BCUT2D eigenvalue weighted by atomic mass is 16.5.